The highest BCUT2D eigenvalue weighted by Gasteiger charge is 2.28. The van der Waals surface area contributed by atoms with Gasteiger partial charge in [0.25, 0.3) is 0 Å². The molecule has 102 valence electrons. The third kappa shape index (κ3) is 2.64. The van der Waals surface area contributed by atoms with E-state index in [1.165, 1.54) is 0 Å². The number of nitrogens with zero attached hydrogens (tertiary/aromatic N) is 2. The van der Waals surface area contributed by atoms with Crippen LogP contribution in [0.3, 0.4) is 0 Å². The van der Waals surface area contributed by atoms with Gasteiger partial charge in [-0.2, -0.15) is 0 Å². The highest BCUT2D eigenvalue weighted by Crippen LogP contribution is 2.17. The number of ether oxygens (including phenoxy) is 1. The SMILES string of the molecule is CCn1c(S(=O)(=O)CC2CCCCO2)n[nH]c1=O. The third-order valence-electron chi connectivity index (χ3n) is 3.00. The molecule has 2 heterocycles. The molecule has 1 N–H and O–H groups in total. The van der Waals surface area contributed by atoms with Crippen molar-refractivity contribution in [1.29, 1.82) is 0 Å². The van der Waals surface area contributed by atoms with Crippen LogP contribution in [0.2, 0.25) is 0 Å². The molecule has 1 aromatic heterocycles. The van der Waals surface area contributed by atoms with Crippen molar-refractivity contribution in [3.63, 3.8) is 0 Å². The molecule has 0 bridgehead atoms. The van der Waals surface area contributed by atoms with E-state index in [1.807, 2.05) is 0 Å². The number of aromatic amines is 1. The highest BCUT2D eigenvalue weighted by atomic mass is 32.2. The molecule has 0 aliphatic carbocycles. The van der Waals surface area contributed by atoms with E-state index in [9.17, 15) is 13.2 Å². The largest absolute Gasteiger partial charge is 0.377 e. The monoisotopic (exact) mass is 275 g/mol. The van der Waals surface area contributed by atoms with Gasteiger partial charge in [-0.15, -0.1) is 5.10 Å². The second-order valence-corrected chi connectivity index (χ2v) is 6.25. The van der Waals surface area contributed by atoms with Gasteiger partial charge in [0.15, 0.2) is 0 Å². The summed E-state index contributed by atoms with van der Waals surface area (Å²) in [4.78, 5) is 11.4. The summed E-state index contributed by atoms with van der Waals surface area (Å²) in [6, 6.07) is 0. The van der Waals surface area contributed by atoms with Gasteiger partial charge in [-0.1, -0.05) is 0 Å². The van der Waals surface area contributed by atoms with Gasteiger partial charge >= 0.3 is 5.69 Å². The molecule has 0 saturated carbocycles. The van der Waals surface area contributed by atoms with E-state index in [-0.39, 0.29) is 23.6 Å². The second-order valence-electron chi connectivity index (χ2n) is 4.33. The first kappa shape index (κ1) is 13.3. The van der Waals surface area contributed by atoms with E-state index in [2.05, 4.69) is 10.2 Å². The van der Waals surface area contributed by atoms with Gasteiger partial charge in [-0.05, 0) is 26.2 Å². The summed E-state index contributed by atoms with van der Waals surface area (Å²) in [5.41, 5.74) is -0.499. The number of H-pyrrole nitrogens is 1. The van der Waals surface area contributed by atoms with Crippen molar-refractivity contribution in [2.75, 3.05) is 12.4 Å². The fourth-order valence-corrected chi connectivity index (χ4v) is 3.71. The van der Waals surface area contributed by atoms with Crippen LogP contribution in [0.1, 0.15) is 26.2 Å². The van der Waals surface area contributed by atoms with E-state index < -0.39 is 15.5 Å². The Bertz CT molecular complexity index is 554. The van der Waals surface area contributed by atoms with Crippen LogP contribution in [0.15, 0.2) is 9.95 Å². The van der Waals surface area contributed by atoms with Gasteiger partial charge < -0.3 is 4.74 Å². The molecule has 1 unspecified atom stereocenters. The van der Waals surface area contributed by atoms with Crippen LogP contribution >= 0.6 is 0 Å². The quantitative estimate of drug-likeness (QED) is 0.830. The smallest absolute Gasteiger partial charge is 0.344 e. The first-order chi connectivity index (χ1) is 8.54. The lowest BCUT2D eigenvalue weighted by Gasteiger charge is -2.21. The van der Waals surface area contributed by atoms with Gasteiger partial charge in [0.2, 0.25) is 15.0 Å². The molecule has 0 aromatic carbocycles. The van der Waals surface area contributed by atoms with Crippen molar-refractivity contribution >= 4 is 9.84 Å². The summed E-state index contributed by atoms with van der Waals surface area (Å²) in [5.74, 6) is -0.114. The van der Waals surface area contributed by atoms with E-state index >= 15 is 0 Å². The Morgan fingerprint density at radius 2 is 2.28 bits per heavy atom. The van der Waals surface area contributed by atoms with Crippen molar-refractivity contribution in [2.45, 2.75) is 44.0 Å². The average Bonchev–Trinajstić information content (AvgIpc) is 2.72. The lowest BCUT2D eigenvalue weighted by Crippen LogP contribution is -2.30. The van der Waals surface area contributed by atoms with E-state index in [1.54, 1.807) is 6.92 Å². The molecule has 0 amide bonds. The van der Waals surface area contributed by atoms with Crippen molar-refractivity contribution < 1.29 is 13.2 Å². The summed E-state index contributed by atoms with van der Waals surface area (Å²) in [7, 11) is -3.59. The molecule has 2 rings (SSSR count). The Balaban J connectivity index is 2.22. The van der Waals surface area contributed by atoms with Crippen molar-refractivity contribution in [3.8, 4) is 0 Å². The van der Waals surface area contributed by atoms with Crippen molar-refractivity contribution in [1.82, 2.24) is 14.8 Å². The normalized spacial score (nSPS) is 21.1. The van der Waals surface area contributed by atoms with Crippen LogP contribution in [-0.2, 0) is 21.1 Å². The van der Waals surface area contributed by atoms with Crippen LogP contribution < -0.4 is 5.69 Å². The van der Waals surface area contributed by atoms with Gasteiger partial charge in [-0.25, -0.2) is 18.3 Å². The summed E-state index contributed by atoms with van der Waals surface area (Å²) in [6.07, 6.45) is 2.39. The lowest BCUT2D eigenvalue weighted by atomic mass is 10.1. The average molecular weight is 275 g/mol. The van der Waals surface area contributed by atoms with E-state index in [0.717, 1.165) is 23.8 Å². The zero-order valence-electron chi connectivity index (χ0n) is 10.3. The molecule has 18 heavy (non-hydrogen) atoms. The number of rotatable bonds is 4. The lowest BCUT2D eigenvalue weighted by molar-refractivity contribution is 0.0304. The van der Waals surface area contributed by atoms with Crippen LogP contribution in [0.4, 0.5) is 0 Å². The minimum absolute atomic E-state index is 0.114. The Labute approximate surface area is 105 Å². The first-order valence-corrected chi connectivity index (χ1v) is 7.69. The Hall–Kier alpha value is -1.15. The molecular formula is C10H17N3O4S. The van der Waals surface area contributed by atoms with Gasteiger partial charge in [0.05, 0.1) is 11.9 Å². The summed E-state index contributed by atoms with van der Waals surface area (Å²) in [6.45, 7) is 2.57. The van der Waals surface area contributed by atoms with Gasteiger partial charge in [0, 0.05) is 13.2 Å². The number of hydrogen-bond donors (Lipinski definition) is 1. The number of aromatic nitrogens is 3. The molecule has 7 nitrogen and oxygen atoms in total. The minimum Gasteiger partial charge on any atom is -0.377 e. The number of hydrogen-bond acceptors (Lipinski definition) is 5. The maximum absolute atomic E-state index is 12.2. The van der Waals surface area contributed by atoms with E-state index in [4.69, 9.17) is 4.74 Å². The Morgan fingerprint density at radius 3 is 2.89 bits per heavy atom. The van der Waals surface area contributed by atoms with Gasteiger partial charge in [0.1, 0.15) is 0 Å². The molecule has 8 heteroatoms. The molecule has 0 spiro atoms. The molecule has 1 aliphatic heterocycles. The minimum atomic E-state index is -3.59. The molecule has 1 aromatic rings. The number of sulfone groups is 1. The zero-order chi connectivity index (χ0) is 13.2. The second kappa shape index (κ2) is 5.23. The predicted molar refractivity (Wildman–Crippen MR) is 64.2 cm³/mol. The highest BCUT2D eigenvalue weighted by molar-refractivity contribution is 7.91. The Morgan fingerprint density at radius 1 is 1.50 bits per heavy atom. The number of nitrogens with one attached hydrogen (secondary N) is 1. The fourth-order valence-electron chi connectivity index (χ4n) is 2.08. The standard InChI is InChI=1S/C10H17N3O4S/c1-2-13-9(14)11-12-10(13)18(15,16)7-8-5-3-4-6-17-8/h8H,2-7H2,1H3,(H,11,14). The molecule has 1 aliphatic rings. The summed E-state index contributed by atoms with van der Waals surface area (Å²) < 4.78 is 30.9. The summed E-state index contributed by atoms with van der Waals surface area (Å²) in [5, 5.41) is 5.58. The molecule has 1 fully saturated rings. The Kier molecular flexibility index (Phi) is 3.86. The summed E-state index contributed by atoms with van der Waals surface area (Å²) >= 11 is 0. The fraction of sp³-hybridized carbons (Fsp3) is 0.800. The van der Waals surface area contributed by atoms with E-state index in [0.29, 0.717) is 6.61 Å². The van der Waals surface area contributed by atoms with Gasteiger partial charge in [-0.3, -0.25) is 4.57 Å². The molecular weight excluding hydrogens is 258 g/mol. The molecule has 1 saturated heterocycles. The first-order valence-electron chi connectivity index (χ1n) is 6.04. The van der Waals surface area contributed by atoms with Crippen molar-refractivity contribution in [2.24, 2.45) is 0 Å². The maximum Gasteiger partial charge on any atom is 0.344 e. The van der Waals surface area contributed by atoms with Crippen LogP contribution in [0.5, 0.6) is 0 Å². The predicted octanol–water partition coefficient (Wildman–Crippen LogP) is -0.0659. The third-order valence-corrected chi connectivity index (χ3v) is 4.68. The van der Waals surface area contributed by atoms with Crippen LogP contribution in [0, 0.1) is 0 Å². The maximum atomic E-state index is 12.2. The zero-order valence-corrected chi connectivity index (χ0v) is 11.1. The topological polar surface area (TPSA) is 94.0 Å². The molecule has 1 atom stereocenters. The van der Waals surface area contributed by atoms with Crippen LogP contribution in [-0.4, -0.2) is 41.6 Å². The molecule has 0 radical (unpaired) electrons. The van der Waals surface area contributed by atoms with Crippen LogP contribution in [0.25, 0.3) is 0 Å². The van der Waals surface area contributed by atoms with Crippen molar-refractivity contribution in [3.05, 3.63) is 10.5 Å².